The normalized spacial score (nSPS) is 11.2. The summed E-state index contributed by atoms with van der Waals surface area (Å²) in [5, 5.41) is 2.85. The van der Waals surface area contributed by atoms with Crippen molar-refractivity contribution >= 4 is 17.5 Å². The van der Waals surface area contributed by atoms with Crippen LogP contribution in [0.25, 0.3) is 0 Å². The van der Waals surface area contributed by atoms with Gasteiger partial charge in [0.2, 0.25) is 5.56 Å². The number of halogens is 1. The molecule has 0 bridgehead atoms. The molecule has 0 unspecified atom stereocenters. The van der Waals surface area contributed by atoms with Gasteiger partial charge in [-0.15, -0.1) is 11.6 Å². The Hall–Kier alpha value is -1.29. The van der Waals surface area contributed by atoms with Crippen molar-refractivity contribution in [2.75, 3.05) is 5.88 Å². The van der Waals surface area contributed by atoms with Gasteiger partial charge in [0.15, 0.2) is 0 Å². The number of nitrogens with one attached hydrogen (secondary N) is 2. The lowest BCUT2D eigenvalue weighted by Crippen LogP contribution is -2.43. The molecule has 1 aromatic heterocycles. The summed E-state index contributed by atoms with van der Waals surface area (Å²) in [7, 11) is 0. The maximum atomic E-state index is 11.8. The number of alkyl halides is 1. The summed E-state index contributed by atoms with van der Waals surface area (Å²) in [4.78, 5) is 25.1. The summed E-state index contributed by atoms with van der Waals surface area (Å²) in [6.07, 6.45) is 2.08. The highest BCUT2D eigenvalue weighted by Crippen LogP contribution is 2.10. The van der Waals surface area contributed by atoms with Crippen molar-refractivity contribution in [2.45, 2.75) is 25.8 Å². The second-order valence-electron chi connectivity index (χ2n) is 4.22. The fourth-order valence-electron chi connectivity index (χ4n) is 1.23. The summed E-state index contributed by atoms with van der Waals surface area (Å²) in [5.41, 5.74) is -0.145. The molecule has 16 heavy (non-hydrogen) atoms. The van der Waals surface area contributed by atoms with Crippen molar-refractivity contribution in [2.24, 2.45) is 0 Å². The molecule has 0 saturated carbocycles. The summed E-state index contributed by atoms with van der Waals surface area (Å²) < 4.78 is 0. The Morgan fingerprint density at radius 1 is 1.50 bits per heavy atom. The van der Waals surface area contributed by atoms with E-state index < -0.39 is 0 Å². The third-order valence-corrected chi connectivity index (χ3v) is 2.41. The molecule has 0 aliphatic heterocycles. The highest BCUT2D eigenvalue weighted by Gasteiger charge is 2.20. The molecule has 0 atom stereocenters. The molecular weight excluding hydrogens is 228 g/mol. The minimum Gasteiger partial charge on any atom is -0.347 e. The first-order valence-electron chi connectivity index (χ1n) is 5.02. The van der Waals surface area contributed by atoms with Crippen LogP contribution in [-0.4, -0.2) is 22.3 Å². The first kappa shape index (κ1) is 12.8. The number of aromatic nitrogens is 1. The van der Waals surface area contributed by atoms with Crippen molar-refractivity contribution < 1.29 is 4.79 Å². The van der Waals surface area contributed by atoms with E-state index in [0.717, 1.165) is 0 Å². The van der Waals surface area contributed by atoms with Crippen LogP contribution in [0.15, 0.2) is 23.1 Å². The fraction of sp³-hybridized carbons (Fsp3) is 0.455. The Balaban J connectivity index is 2.72. The molecule has 0 aromatic carbocycles. The van der Waals surface area contributed by atoms with Crippen LogP contribution in [-0.2, 0) is 0 Å². The van der Waals surface area contributed by atoms with Gasteiger partial charge in [-0.2, -0.15) is 0 Å². The monoisotopic (exact) mass is 242 g/mol. The van der Waals surface area contributed by atoms with Gasteiger partial charge >= 0.3 is 0 Å². The molecule has 0 radical (unpaired) electrons. The van der Waals surface area contributed by atoms with Crippen LogP contribution in [0.5, 0.6) is 0 Å². The molecule has 2 N–H and O–H groups in total. The molecule has 0 fully saturated rings. The highest BCUT2D eigenvalue weighted by molar-refractivity contribution is 6.17. The average molecular weight is 243 g/mol. The molecule has 1 rings (SSSR count). The summed E-state index contributed by atoms with van der Waals surface area (Å²) in [6.45, 7) is 3.80. The number of pyridine rings is 1. The largest absolute Gasteiger partial charge is 0.347 e. The smallest absolute Gasteiger partial charge is 0.253 e. The third kappa shape index (κ3) is 3.70. The lowest BCUT2D eigenvalue weighted by atomic mass is 10.0. The molecule has 1 amide bonds. The van der Waals surface area contributed by atoms with Gasteiger partial charge < -0.3 is 10.3 Å². The number of H-pyrrole nitrogens is 1. The first-order valence-corrected chi connectivity index (χ1v) is 5.55. The molecule has 0 spiro atoms. The third-order valence-electron chi connectivity index (χ3n) is 2.22. The second-order valence-corrected chi connectivity index (χ2v) is 4.60. The van der Waals surface area contributed by atoms with E-state index in [0.29, 0.717) is 17.9 Å². The minimum atomic E-state index is -0.352. The molecule has 88 valence electrons. The zero-order chi connectivity index (χ0) is 12.2. The number of carbonyl (C=O) groups is 1. The Bertz CT molecular complexity index is 406. The van der Waals surface area contributed by atoms with E-state index in [1.165, 1.54) is 18.3 Å². The Labute approximate surface area is 99.0 Å². The van der Waals surface area contributed by atoms with Crippen LogP contribution in [0.3, 0.4) is 0 Å². The number of hydrogen-bond acceptors (Lipinski definition) is 2. The minimum absolute atomic E-state index is 0.216. The van der Waals surface area contributed by atoms with E-state index in [2.05, 4.69) is 10.3 Å². The molecule has 1 heterocycles. The molecule has 0 aliphatic rings. The molecule has 5 heteroatoms. The fourth-order valence-corrected chi connectivity index (χ4v) is 1.70. The van der Waals surface area contributed by atoms with E-state index in [1.54, 1.807) is 0 Å². The van der Waals surface area contributed by atoms with E-state index in [-0.39, 0.29) is 17.0 Å². The van der Waals surface area contributed by atoms with E-state index in [4.69, 9.17) is 11.6 Å². The van der Waals surface area contributed by atoms with Crippen LogP contribution in [0.4, 0.5) is 0 Å². The SMILES string of the molecule is CC(C)(CCCl)NC(=O)c1ccc(=O)[nH]c1. The molecular formula is C11H15ClN2O2. The Kier molecular flexibility index (Phi) is 4.12. The van der Waals surface area contributed by atoms with Gasteiger partial charge in [0, 0.05) is 23.7 Å². The van der Waals surface area contributed by atoms with E-state index in [1.807, 2.05) is 13.8 Å². The van der Waals surface area contributed by atoms with Gasteiger partial charge in [-0.05, 0) is 26.3 Å². The van der Waals surface area contributed by atoms with Crippen LogP contribution >= 0.6 is 11.6 Å². The molecule has 4 nitrogen and oxygen atoms in total. The zero-order valence-corrected chi connectivity index (χ0v) is 10.1. The number of rotatable bonds is 4. The van der Waals surface area contributed by atoms with Gasteiger partial charge in [-0.25, -0.2) is 0 Å². The van der Waals surface area contributed by atoms with Crippen molar-refractivity contribution in [3.8, 4) is 0 Å². The van der Waals surface area contributed by atoms with Gasteiger partial charge in [-0.1, -0.05) is 0 Å². The van der Waals surface area contributed by atoms with Crippen molar-refractivity contribution in [3.05, 3.63) is 34.2 Å². The lowest BCUT2D eigenvalue weighted by molar-refractivity contribution is 0.0911. The predicted molar refractivity (Wildman–Crippen MR) is 63.9 cm³/mol. The molecule has 1 aromatic rings. The number of carbonyl (C=O) groups excluding carboxylic acids is 1. The number of amides is 1. The van der Waals surface area contributed by atoms with E-state index in [9.17, 15) is 9.59 Å². The standard InChI is InChI=1S/C11H15ClN2O2/c1-11(2,5-6-12)14-10(16)8-3-4-9(15)13-7-8/h3-4,7H,5-6H2,1-2H3,(H,13,15)(H,14,16). The van der Waals surface area contributed by atoms with Crippen molar-refractivity contribution in [1.29, 1.82) is 0 Å². The average Bonchev–Trinajstić information content (AvgIpc) is 2.17. The van der Waals surface area contributed by atoms with Crippen LogP contribution < -0.4 is 10.9 Å². The molecule has 0 aliphatic carbocycles. The quantitative estimate of drug-likeness (QED) is 0.787. The summed E-state index contributed by atoms with van der Waals surface area (Å²) in [6, 6.07) is 2.81. The number of hydrogen-bond donors (Lipinski definition) is 2. The number of aromatic amines is 1. The maximum Gasteiger partial charge on any atom is 0.253 e. The summed E-state index contributed by atoms with van der Waals surface area (Å²) >= 11 is 5.64. The lowest BCUT2D eigenvalue weighted by Gasteiger charge is -2.25. The second kappa shape index (κ2) is 5.16. The van der Waals surface area contributed by atoms with Crippen molar-refractivity contribution in [1.82, 2.24) is 10.3 Å². The highest BCUT2D eigenvalue weighted by atomic mass is 35.5. The predicted octanol–water partition coefficient (Wildman–Crippen LogP) is 1.51. The van der Waals surface area contributed by atoms with Gasteiger partial charge in [-0.3, -0.25) is 9.59 Å². The first-order chi connectivity index (χ1) is 7.44. The Morgan fingerprint density at radius 2 is 2.19 bits per heavy atom. The topological polar surface area (TPSA) is 62.0 Å². The van der Waals surface area contributed by atoms with Gasteiger partial charge in [0.05, 0.1) is 5.56 Å². The molecule has 0 saturated heterocycles. The van der Waals surface area contributed by atoms with Gasteiger partial charge in [0.25, 0.3) is 5.91 Å². The zero-order valence-electron chi connectivity index (χ0n) is 9.34. The van der Waals surface area contributed by atoms with Crippen LogP contribution in [0.1, 0.15) is 30.6 Å². The summed E-state index contributed by atoms with van der Waals surface area (Å²) in [5.74, 6) is 0.269. The van der Waals surface area contributed by atoms with E-state index >= 15 is 0 Å². The van der Waals surface area contributed by atoms with Crippen molar-refractivity contribution in [3.63, 3.8) is 0 Å². The van der Waals surface area contributed by atoms with Crippen LogP contribution in [0, 0.1) is 0 Å². The van der Waals surface area contributed by atoms with Crippen LogP contribution in [0.2, 0.25) is 0 Å². The Morgan fingerprint density at radius 3 is 2.69 bits per heavy atom. The maximum absolute atomic E-state index is 11.8. The van der Waals surface area contributed by atoms with Gasteiger partial charge in [0.1, 0.15) is 0 Å².